The maximum atomic E-state index is 12.9. The van der Waals surface area contributed by atoms with Gasteiger partial charge in [0.2, 0.25) is 10.0 Å². The summed E-state index contributed by atoms with van der Waals surface area (Å²) < 4.78 is 32.7. The molecule has 1 aliphatic rings. The molecule has 6 nitrogen and oxygen atoms in total. The minimum Gasteiger partial charge on any atom is -0.492 e. The smallest absolute Gasteiger partial charge is 0.255 e. The van der Waals surface area contributed by atoms with Crippen molar-refractivity contribution in [2.24, 2.45) is 0 Å². The van der Waals surface area contributed by atoms with E-state index in [0.29, 0.717) is 36.7 Å². The van der Waals surface area contributed by atoms with Gasteiger partial charge in [0.25, 0.3) is 5.91 Å². The molecule has 1 aliphatic carbocycles. The molecule has 3 rings (SSSR count). The van der Waals surface area contributed by atoms with E-state index in [1.165, 1.54) is 27.6 Å². The number of ether oxygens (including phenoxy) is 1. The molecule has 0 atom stereocenters. The summed E-state index contributed by atoms with van der Waals surface area (Å²) in [5.41, 5.74) is 3.42. The zero-order valence-corrected chi connectivity index (χ0v) is 18.0. The van der Waals surface area contributed by atoms with E-state index in [-0.39, 0.29) is 10.8 Å². The molecule has 0 saturated carbocycles. The van der Waals surface area contributed by atoms with Crippen molar-refractivity contribution in [1.29, 1.82) is 0 Å². The fourth-order valence-corrected chi connectivity index (χ4v) is 5.15. The van der Waals surface area contributed by atoms with E-state index in [9.17, 15) is 13.2 Å². The van der Waals surface area contributed by atoms with Crippen molar-refractivity contribution in [3.05, 3.63) is 53.1 Å². The summed E-state index contributed by atoms with van der Waals surface area (Å²) in [5.74, 6) is 0.165. The summed E-state index contributed by atoms with van der Waals surface area (Å²) in [5, 5.41) is 2.84. The van der Waals surface area contributed by atoms with Gasteiger partial charge in [0, 0.05) is 18.7 Å². The van der Waals surface area contributed by atoms with Crippen LogP contribution in [0, 0.1) is 0 Å². The number of benzene rings is 2. The molecule has 7 heteroatoms. The van der Waals surface area contributed by atoms with Gasteiger partial charge in [-0.25, -0.2) is 8.42 Å². The van der Waals surface area contributed by atoms with Gasteiger partial charge in [-0.15, -0.1) is 0 Å². The average molecular weight is 417 g/mol. The summed E-state index contributed by atoms with van der Waals surface area (Å²) in [7, 11) is -3.64. The van der Waals surface area contributed by atoms with Crippen molar-refractivity contribution in [2.45, 2.75) is 44.9 Å². The summed E-state index contributed by atoms with van der Waals surface area (Å²) >= 11 is 0. The number of carbonyl (C=O) groups excluding carboxylic acids is 1. The number of sulfonamides is 1. The van der Waals surface area contributed by atoms with Gasteiger partial charge in [-0.1, -0.05) is 19.9 Å². The largest absolute Gasteiger partial charge is 0.492 e. The molecule has 0 saturated heterocycles. The number of nitrogens with zero attached hydrogens (tertiary/aromatic N) is 1. The monoisotopic (exact) mass is 416 g/mol. The summed E-state index contributed by atoms with van der Waals surface area (Å²) in [4.78, 5) is 13.0. The fraction of sp³-hybridized carbons (Fsp3) is 0.409. The Labute approximate surface area is 172 Å². The second-order valence-electron chi connectivity index (χ2n) is 6.97. The van der Waals surface area contributed by atoms with Gasteiger partial charge < -0.3 is 10.1 Å². The molecule has 0 fully saturated rings. The first-order valence-electron chi connectivity index (χ1n) is 10.1. The van der Waals surface area contributed by atoms with Crippen LogP contribution in [0.15, 0.2) is 41.3 Å². The Morgan fingerprint density at radius 1 is 1.03 bits per heavy atom. The number of anilines is 1. The average Bonchev–Trinajstić information content (AvgIpc) is 3.18. The number of hydrogen-bond acceptors (Lipinski definition) is 4. The van der Waals surface area contributed by atoms with Gasteiger partial charge in [-0.3, -0.25) is 4.79 Å². The molecule has 1 N–H and O–H groups in total. The standard InChI is InChI=1S/C22H28N2O4S/c1-4-24(5-2)29(26,27)19-12-13-21(28-6-3)20(15-19)23-22(25)18-11-10-16-8-7-9-17(16)14-18/h10-15H,4-9H2,1-3H3,(H,23,25). The Balaban J connectivity index is 1.93. The first kappa shape index (κ1) is 21.3. The summed E-state index contributed by atoms with van der Waals surface area (Å²) in [6.07, 6.45) is 3.15. The second kappa shape index (κ2) is 8.97. The Morgan fingerprint density at radius 2 is 1.76 bits per heavy atom. The first-order valence-corrected chi connectivity index (χ1v) is 11.5. The lowest BCUT2D eigenvalue weighted by Crippen LogP contribution is -2.30. The highest BCUT2D eigenvalue weighted by atomic mass is 32.2. The Hall–Kier alpha value is -2.38. The summed E-state index contributed by atoms with van der Waals surface area (Å²) in [6, 6.07) is 10.3. The van der Waals surface area contributed by atoms with Gasteiger partial charge >= 0.3 is 0 Å². The van der Waals surface area contributed by atoms with Gasteiger partial charge in [0.05, 0.1) is 17.2 Å². The quantitative estimate of drug-likeness (QED) is 0.709. The molecule has 2 aromatic rings. The molecular formula is C22H28N2O4S. The predicted molar refractivity (Wildman–Crippen MR) is 114 cm³/mol. The van der Waals surface area contributed by atoms with Crippen LogP contribution in [0.5, 0.6) is 5.75 Å². The van der Waals surface area contributed by atoms with Gasteiger partial charge in [0.15, 0.2) is 0 Å². The predicted octanol–water partition coefficient (Wildman–Crippen LogP) is 3.86. The third-order valence-electron chi connectivity index (χ3n) is 5.20. The molecule has 156 valence electrons. The maximum absolute atomic E-state index is 12.9. The van der Waals surface area contributed by atoms with Crippen LogP contribution >= 0.6 is 0 Å². The molecule has 29 heavy (non-hydrogen) atoms. The molecule has 0 bridgehead atoms. The van der Waals surface area contributed by atoms with E-state index >= 15 is 0 Å². The number of aryl methyl sites for hydroxylation is 2. The topological polar surface area (TPSA) is 75.7 Å². The molecular weight excluding hydrogens is 388 g/mol. The normalized spacial score (nSPS) is 13.4. The SMILES string of the molecule is CCOc1ccc(S(=O)(=O)N(CC)CC)cc1NC(=O)c1ccc2c(c1)CCC2. The van der Waals surface area contributed by atoms with E-state index in [2.05, 4.69) is 5.32 Å². The van der Waals surface area contributed by atoms with Crippen molar-refractivity contribution in [3.63, 3.8) is 0 Å². The maximum Gasteiger partial charge on any atom is 0.255 e. The number of carbonyl (C=O) groups is 1. The lowest BCUT2D eigenvalue weighted by Gasteiger charge is -2.20. The molecule has 0 heterocycles. The van der Waals surface area contributed by atoms with Crippen LogP contribution in [0.4, 0.5) is 5.69 Å². The second-order valence-corrected chi connectivity index (χ2v) is 8.91. The van der Waals surface area contributed by atoms with Crippen molar-refractivity contribution in [2.75, 3.05) is 25.0 Å². The van der Waals surface area contributed by atoms with E-state index in [1.807, 2.05) is 25.1 Å². The van der Waals surface area contributed by atoms with Gasteiger partial charge in [-0.2, -0.15) is 4.31 Å². The molecule has 0 aromatic heterocycles. The van der Waals surface area contributed by atoms with Crippen molar-refractivity contribution < 1.29 is 17.9 Å². The molecule has 0 aliphatic heterocycles. The van der Waals surface area contributed by atoms with Gasteiger partial charge in [-0.05, 0) is 67.6 Å². The van der Waals surface area contributed by atoms with Crippen molar-refractivity contribution in [1.82, 2.24) is 4.31 Å². The highest BCUT2D eigenvalue weighted by molar-refractivity contribution is 7.89. The van der Waals surface area contributed by atoms with Crippen molar-refractivity contribution >= 4 is 21.6 Å². The Bertz CT molecular complexity index is 998. The van der Waals surface area contributed by atoms with E-state index in [1.54, 1.807) is 19.9 Å². The lowest BCUT2D eigenvalue weighted by molar-refractivity contribution is 0.102. The van der Waals surface area contributed by atoms with E-state index in [0.717, 1.165) is 19.3 Å². The van der Waals surface area contributed by atoms with Crippen LogP contribution in [-0.2, 0) is 22.9 Å². The lowest BCUT2D eigenvalue weighted by atomic mass is 10.1. The van der Waals surface area contributed by atoms with E-state index < -0.39 is 10.0 Å². The number of nitrogens with one attached hydrogen (secondary N) is 1. The molecule has 2 aromatic carbocycles. The number of fused-ring (bicyclic) bond motifs is 1. The third-order valence-corrected chi connectivity index (χ3v) is 7.25. The zero-order chi connectivity index (χ0) is 21.0. The minimum atomic E-state index is -3.64. The molecule has 0 radical (unpaired) electrons. The molecule has 1 amide bonds. The highest BCUT2D eigenvalue weighted by Gasteiger charge is 2.23. The van der Waals surface area contributed by atoms with Crippen molar-refractivity contribution in [3.8, 4) is 5.75 Å². The van der Waals surface area contributed by atoms with Crippen LogP contribution in [0.25, 0.3) is 0 Å². The highest BCUT2D eigenvalue weighted by Crippen LogP contribution is 2.30. The number of rotatable bonds is 8. The van der Waals surface area contributed by atoms with Crippen LogP contribution in [0.2, 0.25) is 0 Å². The third kappa shape index (κ3) is 4.46. The summed E-state index contributed by atoms with van der Waals surface area (Å²) in [6.45, 7) is 6.60. The van der Waals surface area contributed by atoms with Crippen LogP contribution < -0.4 is 10.1 Å². The zero-order valence-electron chi connectivity index (χ0n) is 17.2. The minimum absolute atomic E-state index is 0.133. The van der Waals surface area contributed by atoms with Crippen LogP contribution in [-0.4, -0.2) is 38.3 Å². The van der Waals surface area contributed by atoms with E-state index in [4.69, 9.17) is 4.74 Å². The number of hydrogen-bond donors (Lipinski definition) is 1. The van der Waals surface area contributed by atoms with Crippen LogP contribution in [0.3, 0.4) is 0 Å². The molecule has 0 spiro atoms. The Kier molecular flexibility index (Phi) is 6.59. The molecule has 0 unspecified atom stereocenters. The Morgan fingerprint density at radius 3 is 2.45 bits per heavy atom. The van der Waals surface area contributed by atoms with Crippen LogP contribution in [0.1, 0.15) is 48.7 Å². The first-order chi connectivity index (χ1) is 13.9. The van der Waals surface area contributed by atoms with Gasteiger partial charge in [0.1, 0.15) is 5.75 Å². The number of amides is 1. The fourth-order valence-electron chi connectivity index (χ4n) is 3.67.